The molecule has 226 valence electrons. The number of rotatable bonds is 10. The van der Waals surface area contributed by atoms with Gasteiger partial charge in [-0.3, -0.25) is 9.10 Å². The third-order valence-corrected chi connectivity index (χ3v) is 8.95. The number of halogens is 3. The second kappa shape index (κ2) is 12.9. The summed E-state index contributed by atoms with van der Waals surface area (Å²) in [6.45, 7) is 2.98. The molecule has 42 heavy (non-hydrogen) atoms. The van der Waals surface area contributed by atoms with Gasteiger partial charge >= 0.3 is 6.18 Å². The van der Waals surface area contributed by atoms with Gasteiger partial charge in [0.15, 0.2) is 11.5 Å². The van der Waals surface area contributed by atoms with E-state index in [0.29, 0.717) is 10.4 Å². The first-order valence-corrected chi connectivity index (χ1v) is 14.9. The Balaban J connectivity index is 1.60. The van der Waals surface area contributed by atoms with Crippen molar-refractivity contribution in [2.24, 2.45) is 0 Å². The smallest absolute Gasteiger partial charge is 0.416 e. The molecule has 3 aromatic rings. The molecule has 0 radical (unpaired) electrons. The standard InChI is InChI=1S/C30H34F3N3O5S/c1-21(22-10-12-24(13-11-22)35-16-5-4-6-17-35)34-29(37)20-36(25-9-7-8-23(18-25)30(31,32)33)42(38,39)26-14-15-27(40-2)28(19-26)41-3/h7-15,18-19,21H,4-6,16-17,20H2,1-3H3,(H,34,37). The number of sulfonamides is 1. The van der Waals surface area contributed by atoms with E-state index < -0.39 is 40.3 Å². The molecule has 3 aromatic carbocycles. The number of carbonyl (C=O) groups is 1. The van der Waals surface area contributed by atoms with Gasteiger partial charge in [0.2, 0.25) is 5.91 Å². The summed E-state index contributed by atoms with van der Waals surface area (Å²) in [7, 11) is -1.81. The fraction of sp³-hybridized carbons (Fsp3) is 0.367. The second-order valence-corrected chi connectivity index (χ2v) is 11.9. The summed E-state index contributed by atoms with van der Waals surface area (Å²) in [6.07, 6.45) is -1.21. The van der Waals surface area contributed by atoms with Crippen molar-refractivity contribution in [3.05, 3.63) is 77.9 Å². The van der Waals surface area contributed by atoms with Gasteiger partial charge in [0, 0.05) is 24.8 Å². The molecule has 1 N–H and O–H groups in total. The van der Waals surface area contributed by atoms with Crippen molar-refractivity contribution in [3.8, 4) is 11.5 Å². The van der Waals surface area contributed by atoms with Crippen LogP contribution in [-0.4, -0.2) is 48.2 Å². The van der Waals surface area contributed by atoms with Crippen LogP contribution >= 0.6 is 0 Å². The summed E-state index contributed by atoms with van der Waals surface area (Å²) in [5.41, 5.74) is 0.537. The number of methoxy groups -OCH3 is 2. The molecule has 0 bridgehead atoms. The number of nitrogens with one attached hydrogen (secondary N) is 1. The number of benzene rings is 3. The average molecular weight is 606 g/mol. The maximum Gasteiger partial charge on any atom is 0.416 e. The first-order valence-electron chi connectivity index (χ1n) is 13.5. The molecule has 0 spiro atoms. The molecular weight excluding hydrogens is 571 g/mol. The summed E-state index contributed by atoms with van der Waals surface area (Å²) in [5, 5.41) is 2.78. The van der Waals surface area contributed by atoms with E-state index in [9.17, 15) is 26.4 Å². The minimum atomic E-state index is -4.72. The van der Waals surface area contributed by atoms with E-state index in [2.05, 4.69) is 10.2 Å². The third kappa shape index (κ3) is 7.10. The highest BCUT2D eigenvalue weighted by Crippen LogP contribution is 2.35. The molecule has 4 rings (SSSR count). The van der Waals surface area contributed by atoms with Crippen LogP contribution in [0.1, 0.15) is 43.4 Å². The number of hydrogen-bond donors (Lipinski definition) is 1. The normalized spacial score (nSPS) is 14.7. The maximum atomic E-state index is 13.8. The number of amides is 1. The van der Waals surface area contributed by atoms with Crippen molar-refractivity contribution >= 4 is 27.3 Å². The lowest BCUT2D eigenvalue weighted by Crippen LogP contribution is -2.41. The van der Waals surface area contributed by atoms with E-state index in [1.165, 1.54) is 44.9 Å². The Morgan fingerprint density at radius 1 is 0.952 bits per heavy atom. The lowest BCUT2D eigenvalue weighted by Gasteiger charge is -2.29. The predicted octanol–water partition coefficient (Wildman–Crippen LogP) is 5.79. The van der Waals surface area contributed by atoms with Crippen LogP contribution in [0.2, 0.25) is 0 Å². The molecular formula is C30H34F3N3O5S. The summed E-state index contributed by atoms with van der Waals surface area (Å²) in [5.74, 6) is -0.322. The highest BCUT2D eigenvalue weighted by molar-refractivity contribution is 7.92. The number of piperidine rings is 1. The zero-order valence-electron chi connectivity index (χ0n) is 23.6. The van der Waals surface area contributed by atoms with E-state index in [1.54, 1.807) is 6.92 Å². The highest BCUT2D eigenvalue weighted by Gasteiger charge is 2.34. The maximum absolute atomic E-state index is 13.8. The number of anilines is 2. The van der Waals surface area contributed by atoms with Gasteiger partial charge in [-0.05, 0) is 74.2 Å². The number of nitrogens with zero attached hydrogens (tertiary/aromatic N) is 2. The van der Waals surface area contributed by atoms with Gasteiger partial charge in [-0.2, -0.15) is 13.2 Å². The van der Waals surface area contributed by atoms with Crippen LogP contribution in [0.15, 0.2) is 71.6 Å². The van der Waals surface area contributed by atoms with Crippen LogP contribution < -0.4 is 24.0 Å². The Bertz CT molecular complexity index is 1490. The minimum absolute atomic E-state index is 0.105. The molecule has 0 saturated carbocycles. The van der Waals surface area contributed by atoms with Crippen LogP contribution in [-0.2, 0) is 21.0 Å². The Labute approximate surface area is 244 Å². The van der Waals surface area contributed by atoms with Gasteiger partial charge in [0.1, 0.15) is 6.54 Å². The molecule has 1 unspecified atom stereocenters. The third-order valence-electron chi connectivity index (χ3n) is 7.18. The molecule has 1 fully saturated rings. The summed E-state index contributed by atoms with van der Waals surface area (Å²) in [4.78, 5) is 15.2. The van der Waals surface area contributed by atoms with E-state index in [1.807, 2.05) is 24.3 Å². The van der Waals surface area contributed by atoms with E-state index >= 15 is 0 Å². The van der Waals surface area contributed by atoms with E-state index in [0.717, 1.165) is 49.3 Å². The summed E-state index contributed by atoms with van der Waals surface area (Å²) < 4.78 is 79.2. The predicted molar refractivity (Wildman–Crippen MR) is 155 cm³/mol. The Morgan fingerprint density at radius 3 is 2.24 bits per heavy atom. The lowest BCUT2D eigenvalue weighted by molar-refractivity contribution is -0.137. The topological polar surface area (TPSA) is 88.2 Å². The summed E-state index contributed by atoms with van der Waals surface area (Å²) >= 11 is 0. The highest BCUT2D eigenvalue weighted by atomic mass is 32.2. The molecule has 0 aromatic heterocycles. The molecule has 0 aliphatic carbocycles. The molecule has 1 saturated heterocycles. The van der Waals surface area contributed by atoms with Crippen LogP contribution in [0, 0.1) is 0 Å². The molecule has 8 nitrogen and oxygen atoms in total. The fourth-order valence-corrected chi connectivity index (χ4v) is 6.31. The fourth-order valence-electron chi connectivity index (χ4n) is 4.88. The van der Waals surface area contributed by atoms with Crippen molar-refractivity contribution in [1.82, 2.24) is 5.32 Å². The largest absolute Gasteiger partial charge is 0.493 e. The molecule has 1 amide bonds. The molecule has 1 aliphatic heterocycles. The van der Waals surface area contributed by atoms with Gasteiger partial charge in [-0.25, -0.2) is 8.42 Å². The summed E-state index contributed by atoms with van der Waals surface area (Å²) in [6, 6.07) is 14.9. The van der Waals surface area contributed by atoms with Crippen molar-refractivity contribution in [3.63, 3.8) is 0 Å². The van der Waals surface area contributed by atoms with Crippen LogP contribution in [0.25, 0.3) is 0 Å². The SMILES string of the molecule is COc1ccc(S(=O)(=O)N(CC(=O)NC(C)c2ccc(N3CCCCC3)cc2)c2cccc(C(F)(F)F)c2)cc1OC. The van der Waals surface area contributed by atoms with Crippen LogP contribution in [0.4, 0.5) is 24.5 Å². The Hall–Kier alpha value is -3.93. The van der Waals surface area contributed by atoms with Crippen LogP contribution in [0.5, 0.6) is 11.5 Å². The zero-order chi connectivity index (χ0) is 30.5. The van der Waals surface area contributed by atoms with Gasteiger partial charge in [-0.1, -0.05) is 18.2 Å². The number of hydrogen-bond acceptors (Lipinski definition) is 6. The van der Waals surface area contributed by atoms with Gasteiger partial charge < -0.3 is 19.7 Å². The Morgan fingerprint density at radius 2 is 1.62 bits per heavy atom. The van der Waals surface area contributed by atoms with E-state index in [4.69, 9.17) is 9.47 Å². The quantitative estimate of drug-likeness (QED) is 0.315. The average Bonchev–Trinajstić information content (AvgIpc) is 2.99. The second-order valence-electron chi connectivity index (χ2n) is 10.0. The van der Waals surface area contributed by atoms with Crippen molar-refractivity contribution in [2.75, 3.05) is 43.1 Å². The van der Waals surface area contributed by atoms with Crippen LogP contribution in [0.3, 0.4) is 0 Å². The van der Waals surface area contributed by atoms with Crippen molar-refractivity contribution in [2.45, 2.75) is 43.3 Å². The van der Waals surface area contributed by atoms with Gasteiger partial charge in [-0.15, -0.1) is 0 Å². The first-order chi connectivity index (χ1) is 19.9. The van der Waals surface area contributed by atoms with E-state index in [-0.39, 0.29) is 22.1 Å². The zero-order valence-corrected chi connectivity index (χ0v) is 24.5. The first kappa shape index (κ1) is 31.0. The minimum Gasteiger partial charge on any atom is -0.493 e. The monoisotopic (exact) mass is 605 g/mol. The molecule has 12 heteroatoms. The molecule has 1 heterocycles. The Kier molecular flexibility index (Phi) is 9.55. The van der Waals surface area contributed by atoms with Crippen molar-refractivity contribution in [1.29, 1.82) is 0 Å². The number of ether oxygens (including phenoxy) is 2. The van der Waals surface area contributed by atoms with Crippen molar-refractivity contribution < 1.29 is 35.9 Å². The lowest BCUT2D eigenvalue weighted by atomic mass is 10.1. The molecule has 1 aliphatic rings. The number of alkyl halides is 3. The van der Waals surface area contributed by atoms with Gasteiger partial charge in [0.25, 0.3) is 10.0 Å². The number of carbonyl (C=O) groups excluding carboxylic acids is 1. The van der Waals surface area contributed by atoms with Gasteiger partial charge in [0.05, 0.1) is 36.4 Å². The molecule has 1 atom stereocenters.